The molecule has 2 aromatic heterocycles. The number of fused-ring (bicyclic) bond motifs is 1. The maximum atomic E-state index is 15.1. The molecule has 0 aliphatic carbocycles. The SMILES string of the molecule is N=C(N)NCC[C@H](CNC(=N)N)OCc1ccc(-n2cc3cc(-c4cc(CCC[C@@H](N)CO)cc(Cl)c4F)[nH]c3nc2=O)cc1. The van der Waals surface area contributed by atoms with Crippen LogP contribution >= 0.6 is 11.6 Å². The van der Waals surface area contributed by atoms with Crippen LogP contribution in [0.1, 0.15) is 30.4 Å². The number of rotatable bonds is 15. The molecule has 0 radical (unpaired) electrons. The average Bonchev–Trinajstić information content (AvgIpc) is 3.41. The van der Waals surface area contributed by atoms with Crippen LogP contribution in [-0.2, 0) is 17.8 Å². The molecule has 2 atom stereocenters. The van der Waals surface area contributed by atoms with Crippen molar-refractivity contribution in [2.75, 3.05) is 19.7 Å². The van der Waals surface area contributed by atoms with E-state index in [-0.39, 0.29) is 47.9 Å². The monoisotopic (exact) mass is 640 g/mol. The molecule has 0 fully saturated rings. The van der Waals surface area contributed by atoms with E-state index in [2.05, 4.69) is 20.6 Å². The molecule has 0 amide bonds. The van der Waals surface area contributed by atoms with E-state index < -0.39 is 11.5 Å². The number of aromatic nitrogens is 3. The lowest BCUT2D eigenvalue weighted by Crippen LogP contribution is -2.40. The standard InChI is InChI=1S/C30H38ClFN10O3/c31-24-11-18(2-1-3-20(33)15-43)10-23(26(24)32)25-12-19-14-42(30(44)41-27(19)40-25)21-6-4-17(5-7-21)16-45-22(13-39-29(36)37)8-9-38-28(34)35/h4-7,10-12,14,20,22,43H,1-3,8-9,13,15-16,33H2,(H4,34,35,38)(H4,36,37,39)(H,40,41,44)/t20-,22-/m1/s1. The third-order valence-electron chi connectivity index (χ3n) is 7.16. The van der Waals surface area contributed by atoms with Crippen molar-refractivity contribution in [3.05, 3.63) is 81.1 Å². The third-order valence-corrected chi connectivity index (χ3v) is 7.44. The number of benzene rings is 2. The van der Waals surface area contributed by atoms with Crippen LogP contribution in [0.25, 0.3) is 28.0 Å². The molecule has 12 N–H and O–H groups in total. The fourth-order valence-electron chi connectivity index (χ4n) is 4.77. The first-order valence-electron chi connectivity index (χ1n) is 14.4. The highest BCUT2D eigenvalue weighted by Gasteiger charge is 2.16. The van der Waals surface area contributed by atoms with E-state index in [9.17, 15) is 4.79 Å². The molecular weight excluding hydrogens is 603 g/mol. The van der Waals surface area contributed by atoms with Crippen LogP contribution in [-0.4, -0.2) is 63.4 Å². The summed E-state index contributed by atoms with van der Waals surface area (Å²) in [5.41, 5.74) is 19.3. The van der Waals surface area contributed by atoms with Gasteiger partial charge in [0.05, 0.1) is 35.7 Å². The van der Waals surface area contributed by atoms with Crippen LogP contribution in [0, 0.1) is 16.6 Å². The lowest BCUT2D eigenvalue weighted by molar-refractivity contribution is 0.0389. The zero-order chi connectivity index (χ0) is 32.5. The summed E-state index contributed by atoms with van der Waals surface area (Å²) in [7, 11) is 0. The van der Waals surface area contributed by atoms with Crippen LogP contribution in [0.5, 0.6) is 0 Å². The van der Waals surface area contributed by atoms with Crippen molar-refractivity contribution in [1.82, 2.24) is 25.2 Å². The topological polar surface area (TPSA) is 230 Å². The summed E-state index contributed by atoms with van der Waals surface area (Å²) >= 11 is 6.22. The number of guanidine groups is 2. The van der Waals surface area contributed by atoms with Gasteiger partial charge in [-0.05, 0) is 67.1 Å². The minimum absolute atomic E-state index is 0.0154. The molecule has 0 saturated carbocycles. The highest BCUT2D eigenvalue weighted by atomic mass is 35.5. The fraction of sp³-hybridized carbons (Fsp3) is 0.333. The van der Waals surface area contributed by atoms with E-state index in [4.69, 9.17) is 49.5 Å². The zero-order valence-corrected chi connectivity index (χ0v) is 25.3. The Balaban J connectivity index is 1.49. The normalized spacial score (nSPS) is 12.6. The number of nitrogens with zero attached hydrogens (tertiary/aromatic N) is 2. The van der Waals surface area contributed by atoms with Gasteiger partial charge in [-0.2, -0.15) is 4.98 Å². The molecule has 0 aliphatic rings. The first kappa shape index (κ1) is 33.4. The second-order valence-corrected chi connectivity index (χ2v) is 11.1. The quantitative estimate of drug-likeness (QED) is 0.0683. The van der Waals surface area contributed by atoms with Crippen LogP contribution in [0.4, 0.5) is 4.39 Å². The highest BCUT2D eigenvalue weighted by Crippen LogP contribution is 2.31. The van der Waals surface area contributed by atoms with E-state index in [0.717, 1.165) is 11.1 Å². The van der Waals surface area contributed by atoms with Gasteiger partial charge in [0.2, 0.25) is 0 Å². The Bertz CT molecular complexity index is 1690. The van der Waals surface area contributed by atoms with Gasteiger partial charge >= 0.3 is 5.69 Å². The van der Waals surface area contributed by atoms with Crippen LogP contribution in [0.3, 0.4) is 0 Å². The number of aromatic amines is 1. The molecule has 0 spiro atoms. The van der Waals surface area contributed by atoms with E-state index in [1.54, 1.807) is 36.5 Å². The molecule has 0 aliphatic heterocycles. The lowest BCUT2D eigenvalue weighted by atomic mass is 10.0. The maximum absolute atomic E-state index is 15.1. The number of H-pyrrole nitrogens is 1. The molecule has 0 saturated heterocycles. The van der Waals surface area contributed by atoms with Crippen molar-refractivity contribution in [2.24, 2.45) is 17.2 Å². The minimum atomic E-state index is -0.582. The van der Waals surface area contributed by atoms with Gasteiger partial charge in [0.15, 0.2) is 17.7 Å². The molecule has 4 aromatic rings. The number of hydrogen-bond acceptors (Lipinski definition) is 7. The van der Waals surface area contributed by atoms with Crippen molar-refractivity contribution < 1.29 is 14.2 Å². The fourth-order valence-corrected chi connectivity index (χ4v) is 5.01. The molecule has 0 unspecified atom stereocenters. The molecule has 13 nitrogen and oxygen atoms in total. The van der Waals surface area contributed by atoms with Crippen LogP contribution in [0.15, 0.2) is 53.5 Å². The molecule has 2 aromatic carbocycles. The van der Waals surface area contributed by atoms with E-state index in [1.807, 2.05) is 12.1 Å². The van der Waals surface area contributed by atoms with E-state index in [0.29, 0.717) is 61.2 Å². The van der Waals surface area contributed by atoms with Gasteiger partial charge in [-0.25, -0.2) is 9.18 Å². The predicted molar refractivity (Wildman–Crippen MR) is 173 cm³/mol. The first-order valence-corrected chi connectivity index (χ1v) is 14.8. The van der Waals surface area contributed by atoms with Gasteiger partial charge in [-0.3, -0.25) is 15.4 Å². The smallest absolute Gasteiger partial charge is 0.354 e. The first-order chi connectivity index (χ1) is 21.5. The van der Waals surface area contributed by atoms with Crippen LogP contribution in [0.2, 0.25) is 5.02 Å². The van der Waals surface area contributed by atoms with Crippen molar-refractivity contribution in [1.29, 1.82) is 10.8 Å². The largest absolute Gasteiger partial charge is 0.395 e. The number of nitrogens with one attached hydrogen (secondary N) is 5. The van der Waals surface area contributed by atoms with E-state index in [1.165, 1.54) is 4.57 Å². The van der Waals surface area contributed by atoms with Crippen molar-refractivity contribution in [2.45, 2.75) is 44.4 Å². The molecule has 15 heteroatoms. The van der Waals surface area contributed by atoms with E-state index >= 15 is 4.39 Å². The Hall–Kier alpha value is -4.50. The minimum Gasteiger partial charge on any atom is -0.395 e. The lowest BCUT2D eigenvalue weighted by Gasteiger charge is -2.19. The number of ether oxygens (including phenoxy) is 1. The maximum Gasteiger partial charge on any atom is 0.354 e. The number of nitrogens with two attached hydrogens (primary N) is 3. The Morgan fingerprint density at radius 1 is 1.11 bits per heavy atom. The molecule has 45 heavy (non-hydrogen) atoms. The Kier molecular flexibility index (Phi) is 11.5. The summed E-state index contributed by atoms with van der Waals surface area (Å²) in [4.78, 5) is 20.2. The van der Waals surface area contributed by atoms with Gasteiger partial charge in [0, 0.05) is 36.3 Å². The number of hydrogen-bond donors (Lipinski definition) is 9. The zero-order valence-electron chi connectivity index (χ0n) is 24.6. The summed E-state index contributed by atoms with van der Waals surface area (Å²) in [5.74, 6) is -0.890. The summed E-state index contributed by atoms with van der Waals surface area (Å²) in [6, 6.07) is 11.9. The Morgan fingerprint density at radius 2 is 1.84 bits per heavy atom. The predicted octanol–water partition coefficient (Wildman–Crippen LogP) is 2.06. The van der Waals surface area contributed by atoms with Gasteiger partial charge in [-0.15, -0.1) is 0 Å². The van der Waals surface area contributed by atoms with Gasteiger partial charge in [-0.1, -0.05) is 23.7 Å². The van der Waals surface area contributed by atoms with Crippen molar-refractivity contribution in [3.8, 4) is 16.9 Å². The summed E-state index contributed by atoms with van der Waals surface area (Å²) in [6.45, 7) is 0.900. The van der Waals surface area contributed by atoms with Gasteiger partial charge in [0.25, 0.3) is 0 Å². The average molecular weight is 641 g/mol. The Labute approximate surface area is 263 Å². The summed E-state index contributed by atoms with van der Waals surface area (Å²) in [6.07, 6.45) is 3.80. The molecule has 240 valence electrons. The second-order valence-electron chi connectivity index (χ2n) is 10.7. The van der Waals surface area contributed by atoms with Crippen LogP contribution < -0.4 is 33.5 Å². The van der Waals surface area contributed by atoms with Crippen molar-refractivity contribution in [3.63, 3.8) is 0 Å². The molecule has 4 rings (SSSR count). The molecule has 2 heterocycles. The summed E-state index contributed by atoms with van der Waals surface area (Å²) < 4.78 is 22.5. The van der Waals surface area contributed by atoms with Gasteiger partial charge in [0.1, 0.15) is 5.65 Å². The number of aryl methyl sites for hydroxylation is 1. The molecule has 0 bridgehead atoms. The Morgan fingerprint density at radius 3 is 2.53 bits per heavy atom. The van der Waals surface area contributed by atoms with Gasteiger partial charge < -0.3 is 42.7 Å². The third kappa shape index (κ3) is 9.25. The van der Waals surface area contributed by atoms with Crippen molar-refractivity contribution >= 4 is 34.6 Å². The second kappa shape index (κ2) is 15.5. The molecular formula is C30H38ClFN10O3. The number of aliphatic hydroxyl groups excluding tert-OH is 1. The number of aliphatic hydroxyl groups is 1. The highest BCUT2D eigenvalue weighted by molar-refractivity contribution is 6.31. The summed E-state index contributed by atoms with van der Waals surface area (Å²) in [5, 5.41) is 29.9. The number of halogens is 2.